The molecule has 0 aliphatic carbocycles. The molecule has 2 rings (SSSR count). The number of nitrogens with one attached hydrogen (secondary N) is 1. The fourth-order valence-electron chi connectivity index (χ4n) is 1.11. The number of alkyl halides is 1. The van der Waals surface area contributed by atoms with E-state index in [0.29, 0.717) is 10.6 Å². The number of H-pyrrole nitrogens is 1. The predicted octanol–water partition coefficient (Wildman–Crippen LogP) is 2.69. The van der Waals surface area contributed by atoms with Crippen molar-refractivity contribution in [2.75, 3.05) is 0 Å². The number of benzene rings is 1. The third-order valence-electron chi connectivity index (χ3n) is 1.75. The highest BCUT2D eigenvalue weighted by atomic mass is 35.5. The SMILES string of the molecule is FCc1cc2cn[nH]c2cc1Cl. The van der Waals surface area contributed by atoms with Crippen LogP contribution in [-0.4, -0.2) is 10.2 Å². The zero-order valence-corrected chi connectivity index (χ0v) is 6.90. The second-order valence-corrected chi connectivity index (χ2v) is 2.94. The van der Waals surface area contributed by atoms with Crippen LogP contribution in [0, 0.1) is 0 Å². The smallest absolute Gasteiger partial charge is 0.116 e. The summed E-state index contributed by atoms with van der Waals surface area (Å²) in [5, 5.41) is 7.89. The molecule has 0 amide bonds. The summed E-state index contributed by atoms with van der Waals surface area (Å²) in [7, 11) is 0. The first kappa shape index (κ1) is 7.55. The first-order valence-corrected chi connectivity index (χ1v) is 3.86. The maximum absolute atomic E-state index is 12.3. The van der Waals surface area contributed by atoms with Crippen LogP contribution in [0.5, 0.6) is 0 Å². The minimum Gasteiger partial charge on any atom is -0.278 e. The van der Waals surface area contributed by atoms with Gasteiger partial charge in [0.2, 0.25) is 0 Å². The summed E-state index contributed by atoms with van der Waals surface area (Å²) in [5.74, 6) is 0. The summed E-state index contributed by atoms with van der Waals surface area (Å²) >= 11 is 5.77. The lowest BCUT2D eigenvalue weighted by atomic mass is 10.2. The van der Waals surface area contributed by atoms with Crippen LogP contribution in [0.3, 0.4) is 0 Å². The van der Waals surface area contributed by atoms with E-state index in [-0.39, 0.29) is 0 Å². The molecule has 0 fully saturated rings. The van der Waals surface area contributed by atoms with Gasteiger partial charge in [-0.1, -0.05) is 11.6 Å². The fourth-order valence-corrected chi connectivity index (χ4v) is 1.33. The molecule has 2 nitrogen and oxygen atoms in total. The Bertz CT molecular complexity index is 410. The van der Waals surface area contributed by atoms with E-state index >= 15 is 0 Å². The quantitative estimate of drug-likeness (QED) is 0.725. The molecule has 0 aliphatic heterocycles. The maximum atomic E-state index is 12.3. The molecule has 0 bridgehead atoms. The van der Waals surface area contributed by atoms with Crippen molar-refractivity contribution < 1.29 is 4.39 Å². The number of fused-ring (bicyclic) bond motifs is 1. The van der Waals surface area contributed by atoms with Crippen molar-refractivity contribution in [1.29, 1.82) is 0 Å². The number of rotatable bonds is 1. The molecule has 1 aromatic heterocycles. The molecule has 2 aromatic rings. The van der Waals surface area contributed by atoms with Crippen LogP contribution in [0.2, 0.25) is 5.02 Å². The van der Waals surface area contributed by atoms with Gasteiger partial charge in [0.1, 0.15) is 6.67 Å². The van der Waals surface area contributed by atoms with E-state index < -0.39 is 6.67 Å². The number of aromatic amines is 1. The first-order chi connectivity index (χ1) is 5.81. The summed E-state index contributed by atoms with van der Waals surface area (Å²) in [6.07, 6.45) is 1.64. The molecule has 62 valence electrons. The fraction of sp³-hybridized carbons (Fsp3) is 0.125. The third kappa shape index (κ3) is 1.06. The van der Waals surface area contributed by atoms with Gasteiger partial charge in [-0.25, -0.2) is 4.39 Å². The molecular formula is C8H6ClFN2. The highest BCUT2D eigenvalue weighted by Crippen LogP contribution is 2.22. The lowest BCUT2D eigenvalue weighted by Gasteiger charge is -1.97. The van der Waals surface area contributed by atoms with Crippen LogP contribution >= 0.6 is 11.6 Å². The van der Waals surface area contributed by atoms with Crippen molar-refractivity contribution in [2.45, 2.75) is 6.67 Å². The highest BCUT2D eigenvalue weighted by Gasteiger charge is 2.03. The summed E-state index contributed by atoms with van der Waals surface area (Å²) in [6, 6.07) is 3.37. The summed E-state index contributed by atoms with van der Waals surface area (Å²) in [4.78, 5) is 0. The van der Waals surface area contributed by atoms with Gasteiger partial charge in [0.05, 0.1) is 11.7 Å². The average Bonchev–Trinajstić information content (AvgIpc) is 2.49. The van der Waals surface area contributed by atoms with Gasteiger partial charge in [0, 0.05) is 16.0 Å². The Kier molecular flexibility index (Phi) is 1.73. The van der Waals surface area contributed by atoms with E-state index in [1.54, 1.807) is 18.3 Å². The van der Waals surface area contributed by atoms with E-state index in [0.717, 1.165) is 10.9 Å². The Labute approximate surface area is 73.3 Å². The molecular weight excluding hydrogens is 179 g/mol. The van der Waals surface area contributed by atoms with Crippen molar-refractivity contribution in [2.24, 2.45) is 0 Å². The lowest BCUT2D eigenvalue weighted by Crippen LogP contribution is -1.80. The molecule has 4 heteroatoms. The van der Waals surface area contributed by atoms with Crippen LogP contribution in [0.1, 0.15) is 5.56 Å². The molecule has 0 saturated heterocycles. The molecule has 1 N–H and O–H groups in total. The second kappa shape index (κ2) is 2.75. The van der Waals surface area contributed by atoms with E-state index in [4.69, 9.17) is 11.6 Å². The van der Waals surface area contributed by atoms with Crippen LogP contribution in [0.25, 0.3) is 10.9 Å². The first-order valence-electron chi connectivity index (χ1n) is 3.48. The van der Waals surface area contributed by atoms with Gasteiger partial charge in [-0.15, -0.1) is 0 Å². The highest BCUT2D eigenvalue weighted by molar-refractivity contribution is 6.32. The van der Waals surface area contributed by atoms with E-state index in [1.165, 1.54) is 0 Å². The molecule has 0 unspecified atom stereocenters. The largest absolute Gasteiger partial charge is 0.278 e. The van der Waals surface area contributed by atoms with E-state index in [9.17, 15) is 4.39 Å². The molecule has 0 aliphatic rings. The Morgan fingerprint density at radius 2 is 2.33 bits per heavy atom. The average molecular weight is 185 g/mol. The van der Waals surface area contributed by atoms with Gasteiger partial charge in [0.15, 0.2) is 0 Å². The molecule has 0 radical (unpaired) electrons. The number of hydrogen-bond donors (Lipinski definition) is 1. The topological polar surface area (TPSA) is 28.7 Å². The van der Waals surface area contributed by atoms with Gasteiger partial charge >= 0.3 is 0 Å². The Morgan fingerprint density at radius 1 is 1.50 bits per heavy atom. The zero-order valence-electron chi connectivity index (χ0n) is 6.14. The number of aromatic nitrogens is 2. The Morgan fingerprint density at radius 3 is 3.08 bits per heavy atom. The summed E-state index contributed by atoms with van der Waals surface area (Å²) in [6.45, 7) is -0.542. The van der Waals surface area contributed by atoms with Crippen LogP contribution in [-0.2, 0) is 6.67 Å². The number of nitrogens with zero attached hydrogens (tertiary/aromatic N) is 1. The van der Waals surface area contributed by atoms with Gasteiger partial charge < -0.3 is 0 Å². The van der Waals surface area contributed by atoms with E-state index in [2.05, 4.69) is 10.2 Å². The van der Waals surface area contributed by atoms with Crippen LogP contribution in [0.4, 0.5) is 4.39 Å². The molecule has 0 spiro atoms. The summed E-state index contributed by atoms with van der Waals surface area (Å²) < 4.78 is 12.3. The van der Waals surface area contributed by atoms with Gasteiger partial charge in [0.25, 0.3) is 0 Å². The molecule has 0 saturated carbocycles. The van der Waals surface area contributed by atoms with Crippen LogP contribution in [0.15, 0.2) is 18.3 Å². The minimum atomic E-state index is -0.542. The third-order valence-corrected chi connectivity index (χ3v) is 2.10. The van der Waals surface area contributed by atoms with Gasteiger partial charge in [-0.2, -0.15) is 5.10 Å². The minimum absolute atomic E-state index is 0.439. The zero-order chi connectivity index (χ0) is 8.55. The molecule has 12 heavy (non-hydrogen) atoms. The van der Waals surface area contributed by atoms with Crippen molar-refractivity contribution in [1.82, 2.24) is 10.2 Å². The van der Waals surface area contributed by atoms with Crippen LogP contribution < -0.4 is 0 Å². The van der Waals surface area contributed by atoms with Crippen molar-refractivity contribution in [3.8, 4) is 0 Å². The standard InChI is InChI=1S/C8H6ClFN2/c9-7-2-8-6(4-11-12-8)1-5(7)3-10/h1-2,4H,3H2,(H,11,12). The molecule has 1 aromatic carbocycles. The summed E-state index contributed by atoms with van der Waals surface area (Å²) in [5.41, 5.74) is 1.34. The monoisotopic (exact) mass is 184 g/mol. The predicted molar refractivity (Wildman–Crippen MR) is 45.9 cm³/mol. The van der Waals surface area contributed by atoms with Crippen molar-refractivity contribution >= 4 is 22.5 Å². The molecule has 1 heterocycles. The van der Waals surface area contributed by atoms with Gasteiger partial charge in [-0.05, 0) is 12.1 Å². The number of hydrogen-bond acceptors (Lipinski definition) is 1. The van der Waals surface area contributed by atoms with Gasteiger partial charge in [-0.3, -0.25) is 5.10 Å². The Balaban J connectivity index is 2.73. The normalized spacial score (nSPS) is 10.8. The van der Waals surface area contributed by atoms with Crippen molar-refractivity contribution in [3.05, 3.63) is 28.9 Å². The number of halogens is 2. The molecule has 0 atom stereocenters. The maximum Gasteiger partial charge on any atom is 0.116 e. The van der Waals surface area contributed by atoms with E-state index in [1.807, 2.05) is 0 Å². The van der Waals surface area contributed by atoms with Crippen molar-refractivity contribution in [3.63, 3.8) is 0 Å². The second-order valence-electron chi connectivity index (χ2n) is 2.53. The Hall–Kier alpha value is -1.09. The lowest BCUT2D eigenvalue weighted by molar-refractivity contribution is 0.486.